The van der Waals surface area contributed by atoms with Crippen LogP contribution >= 0.6 is 0 Å². The Morgan fingerprint density at radius 1 is 1.06 bits per heavy atom. The van der Waals surface area contributed by atoms with Crippen LogP contribution in [0.1, 0.15) is 5.56 Å². The molecule has 0 radical (unpaired) electrons. The Morgan fingerprint density at radius 3 is 2.50 bits per heavy atom. The van der Waals surface area contributed by atoms with Crippen molar-refractivity contribution < 1.29 is 0 Å². The van der Waals surface area contributed by atoms with Crippen LogP contribution in [0.15, 0.2) is 18.6 Å². The molecule has 0 aliphatic heterocycles. The van der Waals surface area contributed by atoms with Crippen molar-refractivity contribution in [1.82, 2.24) is 39.8 Å². The van der Waals surface area contributed by atoms with Crippen LogP contribution in [0.5, 0.6) is 0 Å². The monoisotopic (exact) mass is 244 g/mol. The highest BCUT2D eigenvalue weighted by Crippen LogP contribution is 2.20. The molecule has 0 aromatic carbocycles. The molecule has 0 bridgehead atoms. The second kappa shape index (κ2) is 3.76. The van der Waals surface area contributed by atoms with Gasteiger partial charge < -0.3 is 0 Å². The Kier molecular flexibility index (Phi) is 2.22. The van der Waals surface area contributed by atoms with E-state index < -0.39 is 0 Å². The smallest absolute Gasteiger partial charge is 0.173 e. The van der Waals surface area contributed by atoms with Gasteiger partial charge in [-0.3, -0.25) is 4.68 Å². The van der Waals surface area contributed by atoms with Crippen molar-refractivity contribution in [3.05, 3.63) is 24.2 Å². The molecule has 0 spiro atoms. The van der Waals surface area contributed by atoms with Gasteiger partial charge in [0.25, 0.3) is 0 Å². The maximum atomic E-state index is 4.19. The Balaban J connectivity index is 2.08. The Labute approximate surface area is 103 Å². The SMILES string of the molecule is Cc1cnn(C)c1-c1cn(-c2cnnn2C)nn1. The molecular formula is C10H12N8. The highest BCUT2D eigenvalue weighted by molar-refractivity contribution is 5.57. The minimum Gasteiger partial charge on any atom is -0.266 e. The van der Waals surface area contributed by atoms with Crippen molar-refractivity contribution in [2.24, 2.45) is 14.1 Å². The van der Waals surface area contributed by atoms with Crippen molar-refractivity contribution in [3.8, 4) is 17.2 Å². The molecule has 0 saturated carbocycles. The lowest BCUT2D eigenvalue weighted by molar-refractivity contribution is 0.660. The third-order valence-electron chi connectivity index (χ3n) is 2.78. The Hall–Kier alpha value is -2.51. The van der Waals surface area contributed by atoms with Crippen LogP contribution in [-0.2, 0) is 14.1 Å². The van der Waals surface area contributed by atoms with E-state index in [-0.39, 0.29) is 0 Å². The summed E-state index contributed by atoms with van der Waals surface area (Å²) in [6, 6.07) is 0. The first-order chi connectivity index (χ1) is 8.66. The van der Waals surface area contributed by atoms with Gasteiger partial charge in [-0.25, -0.2) is 9.36 Å². The van der Waals surface area contributed by atoms with E-state index in [4.69, 9.17) is 0 Å². The quantitative estimate of drug-likeness (QED) is 0.639. The zero-order chi connectivity index (χ0) is 12.7. The molecule has 0 aliphatic carbocycles. The molecule has 8 heteroatoms. The minimum absolute atomic E-state index is 0.758. The molecule has 0 N–H and O–H groups in total. The zero-order valence-electron chi connectivity index (χ0n) is 10.3. The molecule has 0 fully saturated rings. The molecule has 8 nitrogen and oxygen atoms in total. The summed E-state index contributed by atoms with van der Waals surface area (Å²) >= 11 is 0. The highest BCUT2D eigenvalue weighted by Gasteiger charge is 2.13. The fourth-order valence-corrected chi connectivity index (χ4v) is 1.89. The van der Waals surface area contributed by atoms with Crippen molar-refractivity contribution >= 4 is 0 Å². The van der Waals surface area contributed by atoms with Crippen LogP contribution in [0.2, 0.25) is 0 Å². The van der Waals surface area contributed by atoms with E-state index in [2.05, 4.69) is 25.7 Å². The van der Waals surface area contributed by atoms with E-state index in [0.29, 0.717) is 0 Å². The molecule has 0 aliphatic rings. The zero-order valence-corrected chi connectivity index (χ0v) is 10.3. The molecule has 3 aromatic rings. The summed E-state index contributed by atoms with van der Waals surface area (Å²) in [7, 11) is 3.69. The topological polar surface area (TPSA) is 79.2 Å². The van der Waals surface area contributed by atoms with Crippen LogP contribution in [-0.4, -0.2) is 39.8 Å². The van der Waals surface area contributed by atoms with Crippen molar-refractivity contribution in [2.75, 3.05) is 0 Å². The predicted octanol–water partition coefficient (Wildman–Crippen LogP) is 0.105. The first-order valence-corrected chi connectivity index (χ1v) is 5.43. The number of aromatic nitrogens is 8. The molecule has 0 saturated heterocycles. The van der Waals surface area contributed by atoms with Gasteiger partial charge in [-0.15, -0.1) is 10.2 Å². The Bertz CT molecular complexity index is 669. The van der Waals surface area contributed by atoms with Gasteiger partial charge in [0.2, 0.25) is 0 Å². The van der Waals surface area contributed by atoms with Gasteiger partial charge in [0, 0.05) is 14.1 Å². The molecule has 0 amide bonds. The second-order valence-electron chi connectivity index (χ2n) is 4.06. The number of hydrogen-bond acceptors (Lipinski definition) is 5. The van der Waals surface area contributed by atoms with E-state index in [1.54, 1.807) is 33.5 Å². The van der Waals surface area contributed by atoms with Gasteiger partial charge in [-0.2, -0.15) is 5.10 Å². The van der Waals surface area contributed by atoms with Crippen LogP contribution in [0.3, 0.4) is 0 Å². The summed E-state index contributed by atoms with van der Waals surface area (Å²) in [6.45, 7) is 1.99. The van der Waals surface area contributed by atoms with Crippen LogP contribution < -0.4 is 0 Å². The van der Waals surface area contributed by atoms with Crippen LogP contribution in [0.4, 0.5) is 0 Å². The summed E-state index contributed by atoms with van der Waals surface area (Å²) < 4.78 is 5.06. The number of rotatable bonds is 2. The fraction of sp³-hybridized carbons (Fsp3) is 0.300. The standard InChI is InChI=1S/C10H12N8/c1-7-4-12-17(3)10(7)8-6-18(15-13-8)9-5-11-14-16(9)2/h4-6H,1-3H3. The number of nitrogens with zero attached hydrogens (tertiary/aromatic N) is 8. The van der Waals surface area contributed by atoms with Gasteiger partial charge in [0.1, 0.15) is 5.69 Å². The van der Waals surface area contributed by atoms with E-state index >= 15 is 0 Å². The minimum atomic E-state index is 0.758. The number of hydrogen-bond donors (Lipinski definition) is 0. The average molecular weight is 244 g/mol. The normalized spacial score (nSPS) is 11.1. The van der Waals surface area contributed by atoms with E-state index in [1.165, 1.54) is 0 Å². The predicted molar refractivity (Wildman–Crippen MR) is 62.9 cm³/mol. The number of aryl methyl sites for hydroxylation is 3. The molecular weight excluding hydrogens is 232 g/mol. The summed E-state index contributed by atoms with van der Waals surface area (Å²) in [5.74, 6) is 0.758. The van der Waals surface area contributed by atoms with E-state index in [1.807, 2.05) is 20.2 Å². The summed E-state index contributed by atoms with van der Waals surface area (Å²) in [6.07, 6.45) is 5.28. The van der Waals surface area contributed by atoms with Crippen molar-refractivity contribution in [1.29, 1.82) is 0 Å². The maximum absolute atomic E-state index is 4.19. The Morgan fingerprint density at radius 2 is 1.89 bits per heavy atom. The third kappa shape index (κ3) is 1.50. The molecule has 0 unspecified atom stereocenters. The maximum Gasteiger partial charge on any atom is 0.173 e. The lowest BCUT2D eigenvalue weighted by Gasteiger charge is -1.98. The van der Waals surface area contributed by atoms with E-state index in [0.717, 1.165) is 22.8 Å². The lowest BCUT2D eigenvalue weighted by atomic mass is 10.2. The van der Waals surface area contributed by atoms with Crippen LogP contribution in [0, 0.1) is 6.92 Å². The molecule has 3 aromatic heterocycles. The fourth-order valence-electron chi connectivity index (χ4n) is 1.89. The molecule has 0 atom stereocenters. The first kappa shape index (κ1) is 10.6. The molecule has 3 heterocycles. The summed E-state index contributed by atoms with van der Waals surface area (Å²) in [5, 5.41) is 20.1. The van der Waals surface area contributed by atoms with Crippen molar-refractivity contribution in [3.63, 3.8) is 0 Å². The van der Waals surface area contributed by atoms with Gasteiger partial charge in [0.05, 0.1) is 24.3 Å². The van der Waals surface area contributed by atoms with Gasteiger partial charge in [0.15, 0.2) is 5.82 Å². The molecule has 3 rings (SSSR count). The van der Waals surface area contributed by atoms with E-state index in [9.17, 15) is 0 Å². The van der Waals surface area contributed by atoms with Gasteiger partial charge in [-0.1, -0.05) is 10.4 Å². The average Bonchev–Trinajstić information content (AvgIpc) is 3.00. The second-order valence-corrected chi connectivity index (χ2v) is 4.06. The van der Waals surface area contributed by atoms with Gasteiger partial charge >= 0.3 is 0 Å². The van der Waals surface area contributed by atoms with Gasteiger partial charge in [-0.05, 0) is 12.5 Å². The van der Waals surface area contributed by atoms with Crippen LogP contribution in [0.25, 0.3) is 17.2 Å². The lowest BCUT2D eigenvalue weighted by Crippen LogP contribution is -2.03. The highest BCUT2D eigenvalue weighted by atomic mass is 15.5. The summed E-state index contributed by atoms with van der Waals surface area (Å²) in [5.41, 5.74) is 2.79. The third-order valence-corrected chi connectivity index (χ3v) is 2.78. The first-order valence-electron chi connectivity index (χ1n) is 5.43. The largest absolute Gasteiger partial charge is 0.266 e. The molecule has 92 valence electrons. The summed E-state index contributed by atoms with van der Waals surface area (Å²) in [4.78, 5) is 0. The van der Waals surface area contributed by atoms with Crippen molar-refractivity contribution in [2.45, 2.75) is 6.92 Å². The molecule has 18 heavy (non-hydrogen) atoms.